The van der Waals surface area contributed by atoms with Gasteiger partial charge in [-0.1, -0.05) is 41.4 Å². The molecule has 2 N–H and O–H groups in total. The Morgan fingerprint density at radius 2 is 1.77 bits per heavy atom. The molecule has 2 rings (SSSR count). The number of hydrogen-bond acceptors (Lipinski definition) is 3. The molecule has 0 aliphatic rings. The summed E-state index contributed by atoms with van der Waals surface area (Å²) < 4.78 is 0. The van der Waals surface area contributed by atoms with Gasteiger partial charge in [-0.15, -0.1) is 11.8 Å². The highest BCUT2D eigenvalue weighted by molar-refractivity contribution is 8.00. The van der Waals surface area contributed by atoms with E-state index in [-0.39, 0.29) is 33.0 Å². The van der Waals surface area contributed by atoms with Crippen LogP contribution in [0.1, 0.15) is 10.4 Å². The highest BCUT2D eigenvalue weighted by Gasteiger charge is 2.14. The van der Waals surface area contributed by atoms with Gasteiger partial charge in [-0.2, -0.15) is 0 Å². The van der Waals surface area contributed by atoms with Gasteiger partial charge in [0.1, 0.15) is 0 Å². The van der Waals surface area contributed by atoms with Crippen molar-refractivity contribution in [2.75, 3.05) is 11.1 Å². The Morgan fingerprint density at radius 1 is 1.09 bits per heavy atom. The third-order valence-corrected chi connectivity index (χ3v) is 4.31. The maximum absolute atomic E-state index is 11.9. The molecule has 2 aromatic carbocycles. The zero-order chi connectivity index (χ0) is 16.1. The number of halogens is 2. The minimum absolute atomic E-state index is 0.0224. The van der Waals surface area contributed by atoms with Crippen LogP contribution in [0.5, 0.6) is 0 Å². The van der Waals surface area contributed by atoms with Crippen LogP contribution in [-0.2, 0) is 4.79 Å². The van der Waals surface area contributed by atoms with E-state index in [2.05, 4.69) is 5.32 Å². The molecular weight excluding hydrogens is 345 g/mol. The molecule has 0 unspecified atom stereocenters. The summed E-state index contributed by atoms with van der Waals surface area (Å²) >= 11 is 13.1. The lowest BCUT2D eigenvalue weighted by Gasteiger charge is -2.09. The Bertz CT molecular complexity index is 707. The smallest absolute Gasteiger partial charge is 0.337 e. The maximum Gasteiger partial charge on any atom is 0.337 e. The molecule has 0 radical (unpaired) electrons. The molecule has 0 saturated carbocycles. The van der Waals surface area contributed by atoms with Gasteiger partial charge < -0.3 is 10.4 Å². The van der Waals surface area contributed by atoms with Crippen molar-refractivity contribution in [1.82, 2.24) is 0 Å². The number of amides is 1. The first-order chi connectivity index (χ1) is 10.5. The Morgan fingerprint density at radius 3 is 2.41 bits per heavy atom. The number of anilines is 1. The summed E-state index contributed by atoms with van der Waals surface area (Å²) in [5.74, 6) is -1.28. The molecule has 22 heavy (non-hydrogen) atoms. The van der Waals surface area contributed by atoms with Crippen molar-refractivity contribution in [2.24, 2.45) is 0 Å². The molecule has 0 aliphatic carbocycles. The summed E-state index contributed by atoms with van der Waals surface area (Å²) in [6, 6.07) is 12.0. The van der Waals surface area contributed by atoms with Crippen LogP contribution in [0, 0.1) is 0 Å². The van der Waals surface area contributed by atoms with Crippen LogP contribution in [0.2, 0.25) is 10.0 Å². The van der Waals surface area contributed by atoms with Crippen molar-refractivity contribution in [3.05, 3.63) is 58.1 Å². The van der Waals surface area contributed by atoms with E-state index in [1.807, 2.05) is 30.3 Å². The number of hydrogen-bond donors (Lipinski definition) is 2. The van der Waals surface area contributed by atoms with Crippen LogP contribution in [-0.4, -0.2) is 22.7 Å². The van der Waals surface area contributed by atoms with Gasteiger partial charge in [-0.25, -0.2) is 4.79 Å². The summed E-state index contributed by atoms with van der Waals surface area (Å²) in [4.78, 5) is 23.9. The van der Waals surface area contributed by atoms with Crippen molar-refractivity contribution in [1.29, 1.82) is 0 Å². The van der Waals surface area contributed by atoms with E-state index in [1.165, 1.54) is 23.9 Å². The second kappa shape index (κ2) is 7.54. The molecule has 7 heteroatoms. The molecule has 114 valence electrons. The zero-order valence-corrected chi connectivity index (χ0v) is 13.5. The molecule has 0 aliphatic heterocycles. The average molecular weight is 356 g/mol. The number of carboxylic acid groups (broad SMARTS) is 1. The standard InChI is InChI=1S/C15H11Cl2NO3S/c16-11-7-12(17)13(6-10(11)15(20)21)18-14(19)8-22-9-4-2-1-3-5-9/h1-7H,8H2,(H,18,19)(H,20,21). The third kappa shape index (κ3) is 4.40. The van der Waals surface area contributed by atoms with E-state index in [1.54, 1.807) is 0 Å². The van der Waals surface area contributed by atoms with E-state index in [9.17, 15) is 9.59 Å². The number of carbonyl (C=O) groups excluding carboxylic acids is 1. The second-order valence-electron chi connectivity index (χ2n) is 4.27. The van der Waals surface area contributed by atoms with Crippen molar-refractivity contribution in [3.63, 3.8) is 0 Å². The topological polar surface area (TPSA) is 66.4 Å². The Hall–Kier alpha value is -1.69. The lowest BCUT2D eigenvalue weighted by atomic mass is 10.2. The first kappa shape index (κ1) is 16.7. The number of carbonyl (C=O) groups is 2. The van der Waals surface area contributed by atoms with Crippen LogP contribution in [0.15, 0.2) is 47.4 Å². The summed E-state index contributed by atoms with van der Waals surface area (Å²) in [5, 5.41) is 11.8. The van der Waals surface area contributed by atoms with Gasteiger partial charge in [0.2, 0.25) is 5.91 Å². The van der Waals surface area contributed by atoms with E-state index < -0.39 is 5.97 Å². The summed E-state index contributed by atoms with van der Waals surface area (Å²) in [6.45, 7) is 0. The first-order valence-electron chi connectivity index (χ1n) is 6.17. The number of carboxylic acids is 1. The Labute approximate surface area is 141 Å². The summed E-state index contributed by atoms with van der Waals surface area (Å²) in [7, 11) is 0. The minimum atomic E-state index is -1.18. The van der Waals surface area contributed by atoms with Gasteiger partial charge in [0, 0.05) is 4.90 Å². The van der Waals surface area contributed by atoms with Gasteiger partial charge in [0.15, 0.2) is 0 Å². The molecule has 0 spiro atoms. The SMILES string of the molecule is O=C(CSc1ccccc1)Nc1cc(C(=O)O)c(Cl)cc1Cl. The molecule has 0 atom stereocenters. The van der Waals surface area contributed by atoms with Crippen molar-refractivity contribution in [3.8, 4) is 0 Å². The van der Waals surface area contributed by atoms with Crippen molar-refractivity contribution < 1.29 is 14.7 Å². The highest BCUT2D eigenvalue weighted by Crippen LogP contribution is 2.29. The Balaban J connectivity index is 2.05. The number of thioether (sulfide) groups is 1. The van der Waals surface area contributed by atoms with Gasteiger partial charge in [0.25, 0.3) is 0 Å². The fraction of sp³-hybridized carbons (Fsp3) is 0.0667. The maximum atomic E-state index is 11.9. The highest BCUT2D eigenvalue weighted by atomic mass is 35.5. The van der Waals surface area contributed by atoms with Crippen molar-refractivity contribution in [2.45, 2.75) is 4.90 Å². The number of rotatable bonds is 5. The quantitative estimate of drug-likeness (QED) is 0.779. The molecule has 0 aromatic heterocycles. The molecule has 0 fully saturated rings. The molecule has 2 aromatic rings. The van der Waals surface area contributed by atoms with Crippen LogP contribution in [0.4, 0.5) is 5.69 Å². The van der Waals surface area contributed by atoms with Gasteiger partial charge in [-0.05, 0) is 24.3 Å². The monoisotopic (exact) mass is 355 g/mol. The largest absolute Gasteiger partial charge is 0.478 e. The van der Waals surface area contributed by atoms with Gasteiger partial charge in [0.05, 0.1) is 27.0 Å². The lowest BCUT2D eigenvalue weighted by molar-refractivity contribution is -0.113. The molecule has 1 amide bonds. The first-order valence-corrected chi connectivity index (χ1v) is 7.91. The predicted molar refractivity (Wildman–Crippen MR) is 89.2 cm³/mol. The fourth-order valence-electron chi connectivity index (χ4n) is 1.66. The van der Waals surface area contributed by atoms with Crippen molar-refractivity contribution >= 4 is 52.5 Å². The Kier molecular flexibility index (Phi) is 5.71. The molecular formula is C15H11Cl2NO3S. The van der Waals surface area contributed by atoms with Gasteiger partial charge >= 0.3 is 5.97 Å². The van der Waals surface area contributed by atoms with Crippen LogP contribution >= 0.6 is 35.0 Å². The predicted octanol–water partition coefficient (Wildman–Crippen LogP) is 4.42. The van der Waals surface area contributed by atoms with E-state index >= 15 is 0 Å². The molecule has 4 nitrogen and oxygen atoms in total. The second-order valence-corrected chi connectivity index (χ2v) is 6.13. The minimum Gasteiger partial charge on any atom is -0.478 e. The fourth-order valence-corrected chi connectivity index (χ4v) is 2.89. The molecule has 0 heterocycles. The number of nitrogens with one attached hydrogen (secondary N) is 1. The van der Waals surface area contributed by atoms with Crippen LogP contribution in [0.25, 0.3) is 0 Å². The molecule has 0 bridgehead atoms. The van der Waals surface area contributed by atoms with Gasteiger partial charge in [-0.3, -0.25) is 4.79 Å². The third-order valence-electron chi connectivity index (χ3n) is 2.67. The van der Waals surface area contributed by atoms with E-state index in [0.717, 1.165) is 4.90 Å². The normalized spacial score (nSPS) is 10.3. The van der Waals surface area contributed by atoms with Crippen LogP contribution in [0.3, 0.4) is 0 Å². The number of benzene rings is 2. The zero-order valence-electron chi connectivity index (χ0n) is 11.2. The summed E-state index contributed by atoms with van der Waals surface area (Å²) in [6.07, 6.45) is 0. The van der Waals surface area contributed by atoms with E-state index in [0.29, 0.717) is 0 Å². The average Bonchev–Trinajstić information content (AvgIpc) is 2.48. The summed E-state index contributed by atoms with van der Waals surface area (Å²) in [5.41, 5.74) is 0.110. The number of aromatic carboxylic acids is 1. The lowest BCUT2D eigenvalue weighted by Crippen LogP contribution is -2.15. The molecule has 0 saturated heterocycles. The van der Waals surface area contributed by atoms with E-state index in [4.69, 9.17) is 28.3 Å². The van der Waals surface area contributed by atoms with Crippen LogP contribution < -0.4 is 5.32 Å².